The first-order chi connectivity index (χ1) is 12.7. The number of hydrogen-bond donors (Lipinski definition) is 2. The maximum absolute atomic E-state index is 12.1. The lowest BCUT2D eigenvalue weighted by Gasteiger charge is -2.42. The van der Waals surface area contributed by atoms with Crippen molar-refractivity contribution in [1.29, 1.82) is 0 Å². The van der Waals surface area contributed by atoms with Crippen molar-refractivity contribution in [3.05, 3.63) is 66.1 Å². The molecule has 5 nitrogen and oxygen atoms in total. The van der Waals surface area contributed by atoms with Gasteiger partial charge in [0.05, 0.1) is 6.26 Å². The molecule has 0 aliphatic heterocycles. The second-order valence-corrected chi connectivity index (χ2v) is 6.67. The van der Waals surface area contributed by atoms with E-state index in [9.17, 15) is 9.59 Å². The summed E-state index contributed by atoms with van der Waals surface area (Å²) in [6, 6.07) is 13.9. The Hall–Kier alpha value is -2.82. The van der Waals surface area contributed by atoms with Crippen LogP contribution in [0.25, 0.3) is 6.08 Å². The van der Waals surface area contributed by atoms with E-state index in [1.807, 2.05) is 18.2 Å². The number of carbonyl (C=O) groups excluding carboxylic acids is 2. The van der Waals surface area contributed by atoms with Crippen LogP contribution in [0.5, 0.6) is 0 Å². The van der Waals surface area contributed by atoms with Gasteiger partial charge in [0.1, 0.15) is 5.76 Å². The van der Waals surface area contributed by atoms with Gasteiger partial charge in [-0.05, 0) is 36.6 Å². The molecular weight excluding hydrogens is 328 g/mol. The number of amides is 2. The molecule has 1 fully saturated rings. The molecule has 1 aromatic heterocycles. The van der Waals surface area contributed by atoms with E-state index in [0.29, 0.717) is 18.8 Å². The molecule has 0 unspecified atom stereocenters. The van der Waals surface area contributed by atoms with Crippen LogP contribution in [-0.4, -0.2) is 24.9 Å². The molecule has 0 spiro atoms. The number of benzene rings is 1. The number of rotatable bonds is 8. The predicted molar refractivity (Wildman–Crippen MR) is 100 cm³/mol. The van der Waals surface area contributed by atoms with Gasteiger partial charge >= 0.3 is 0 Å². The largest absolute Gasteiger partial charge is 0.465 e. The van der Waals surface area contributed by atoms with Gasteiger partial charge in [0.25, 0.3) is 0 Å². The summed E-state index contributed by atoms with van der Waals surface area (Å²) < 4.78 is 5.11. The highest BCUT2D eigenvalue weighted by Crippen LogP contribution is 2.43. The summed E-state index contributed by atoms with van der Waals surface area (Å²) in [5.74, 6) is 0.334. The second kappa shape index (κ2) is 8.52. The van der Waals surface area contributed by atoms with Crippen molar-refractivity contribution in [1.82, 2.24) is 10.6 Å². The smallest absolute Gasteiger partial charge is 0.244 e. The van der Waals surface area contributed by atoms with E-state index in [-0.39, 0.29) is 23.7 Å². The van der Waals surface area contributed by atoms with E-state index in [2.05, 4.69) is 22.8 Å². The van der Waals surface area contributed by atoms with Gasteiger partial charge in [-0.15, -0.1) is 0 Å². The van der Waals surface area contributed by atoms with Gasteiger partial charge in [-0.1, -0.05) is 36.8 Å². The van der Waals surface area contributed by atoms with Crippen molar-refractivity contribution in [3.8, 4) is 0 Å². The van der Waals surface area contributed by atoms with E-state index in [4.69, 9.17) is 4.42 Å². The molecule has 1 aromatic carbocycles. The van der Waals surface area contributed by atoms with Gasteiger partial charge in [0.15, 0.2) is 0 Å². The molecule has 2 N–H and O–H groups in total. The van der Waals surface area contributed by atoms with Crippen molar-refractivity contribution in [3.63, 3.8) is 0 Å². The van der Waals surface area contributed by atoms with E-state index >= 15 is 0 Å². The van der Waals surface area contributed by atoms with Crippen molar-refractivity contribution in [2.75, 3.05) is 13.1 Å². The summed E-state index contributed by atoms with van der Waals surface area (Å²) in [7, 11) is 0. The maximum atomic E-state index is 12.1. The van der Waals surface area contributed by atoms with Crippen LogP contribution < -0.4 is 10.6 Å². The number of hydrogen-bond acceptors (Lipinski definition) is 3. The fourth-order valence-corrected chi connectivity index (χ4v) is 3.22. The third kappa shape index (κ3) is 4.63. The minimum absolute atomic E-state index is 0.0393. The second-order valence-electron chi connectivity index (χ2n) is 6.67. The number of nitrogens with one attached hydrogen (secondary N) is 2. The first-order valence-electron chi connectivity index (χ1n) is 9.00. The lowest BCUT2D eigenvalue weighted by molar-refractivity contribution is -0.121. The normalized spacial score (nSPS) is 15.4. The summed E-state index contributed by atoms with van der Waals surface area (Å²) in [6.07, 6.45) is 8.21. The van der Waals surface area contributed by atoms with E-state index < -0.39 is 0 Å². The maximum Gasteiger partial charge on any atom is 0.244 e. The Morgan fingerprint density at radius 1 is 1.08 bits per heavy atom. The van der Waals surface area contributed by atoms with Gasteiger partial charge in [-0.3, -0.25) is 9.59 Å². The molecule has 0 saturated heterocycles. The summed E-state index contributed by atoms with van der Waals surface area (Å²) in [4.78, 5) is 23.8. The Morgan fingerprint density at radius 3 is 2.54 bits per heavy atom. The average Bonchev–Trinajstić information content (AvgIpc) is 3.13. The van der Waals surface area contributed by atoms with Crippen LogP contribution in [0, 0.1) is 0 Å². The summed E-state index contributed by atoms with van der Waals surface area (Å²) in [5.41, 5.74) is 1.37. The minimum Gasteiger partial charge on any atom is -0.465 e. The topological polar surface area (TPSA) is 71.3 Å². The van der Waals surface area contributed by atoms with Crippen LogP contribution in [0.1, 0.15) is 37.0 Å². The monoisotopic (exact) mass is 352 g/mol. The van der Waals surface area contributed by atoms with Crippen LogP contribution in [0.4, 0.5) is 0 Å². The van der Waals surface area contributed by atoms with E-state index in [1.165, 1.54) is 18.1 Å². The first kappa shape index (κ1) is 18.0. The third-order valence-corrected chi connectivity index (χ3v) is 4.91. The predicted octanol–water partition coefficient (Wildman–Crippen LogP) is 3.04. The molecule has 2 aromatic rings. The molecule has 1 heterocycles. The molecule has 0 bridgehead atoms. The Morgan fingerprint density at radius 2 is 1.88 bits per heavy atom. The van der Waals surface area contributed by atoms with Crippen LogP contribution >= 0.6 is 0 Å². The summed E-state index contributed by atoms with van der Waals surface area (Å²) in [6.45, 7) is 0.966. The van der Waals surface area contributed by atoms with Crippen LogP contribution in [0.15, 0.2) is 59.2 Å². The van der Waals surface area contributed by atoms with E-state index in [0.717, 1.165) is 12.8 Å². The zero-order valence-corrected chi connectivity index (χ0v) is 14.7. The Bertz CT molecular complexity index is 747. The Labute approximate surface area is 153 Å². The van der Waals surface area contributed by atoms with Gasteiger partial charge in [-0.2, -0.15) is 0 Å². The SMILES string of the molecule is O=C(C=Cc1ccco1)NCCC(=O)NCC1(c2ccccc2)CCC1. The van der Waals surface area contributed by atoms with Crippen LogP contribution in [0.3, 0.4) is 0 Å². The lowest BCUT2D eigenvalue weighted by atomic mass is 9.64. The van der Waals surface area contributed by atoms with E-state index in [1.54, 1.807) is 24.5 Å². The molecule has 0 atom stereocenters. The fraction of sp³-hybridized carbons (Fsp3) is 0.333. The number of furan rings is 1. The quantitative estimate of drug-likeness (QED) is 0.718. The van der Waals surface area contributed by atoms with Crippen molar-refractivity contribution in [2.45, 2.75) is 31.1 Å². The van der Waals surface area contributed by atoms with Crippen LogP contribution in [-0.2, 0) is 15.0 Å². The van der Waals surface area contributed by atoms with Gasteiger partial charge in [-0.25, -0.2) is 0 Å². The molecule has 5 heteroatoms. The van der Waals surface area contributed by atoms with Crippen molar-refractivity contribution < 1.29 is 14.0 Å². The van der Waals surface area contributed by atoms with Gasteiger partial charge in [0, 0.05) is 31.0 Å². The molecule has 3 rings (SSSR count). The molecule has 1 saturated carbocycles. The standard InChI is InChI=1S/C21H24N2O3/c24-19(10-9-18-8-4-15-26-18)22-14-11-20(25)23-16-21(12-5-13-21)17-6-2-1-3-7-17/h1-4,6-10,15H,5,11-14,16H2,(H,22,24)(H,23,25). The van der Waals surface area contributed by atoms with Gasteiger partial charge in [0.2, 0.25) is 11.8 Å². The molecule has 1 aliphatic rings. The summed E-state index contributed by atoms with van der Waals surface area (Å²) >= 11 is 0. The highest BCUT2D eigenvalue weighted by molar-refractivity contribution is 5.91. The first-order valence-corrected chi connectivity index (χ1v) is 9.00. The highest BCUT2D eigenvalue weighted by Gasteiger charge is 2.38. The van der Waals surface area contributed by atoms with Crippen molar-refractivity contribution >= 4 is 17.9 Å². The van der Waals surface area contributed by atoms with Crippen molar-refractivity contribution in [2.24, 2.45) is 0 Å². The molecule has 1 aliphatic carbocycles. The minimum atomic E-state index is -0.242. The van der Waals surface area contributed by atoms with Gasteiger partial charge < -0.3 is 15.1 Å². The molecule has 136 valence electrons. The zero-order valence-electron chi connectivity index (χ0n) is 14.7. The third-order valence-electron chi connectivity index (χ3n) is 4.91. The highest BCUT2D eigenvalue weighted by atomic mass is 16.3. The van der Waals surface area contributed by atoms with Crippen LogP contribution in [0.2, 0.25) is 0 Å². The average molecular weight is 352 g/mol. The summed E-state index contributed by atoms with van der Waals surface area (Å²) in [5, 5.41) is 5.73. The molecular formula is C21H24N2O3. The molecule has 2 amide bonds. The Balaban J connectivity index is 1.38. The Kier molecular flexibility index (Phi) is 5.89. The number of carbonyl (C=O) groups is 2. The molecule has 0 radical (unpaired) electrons. The fourth-order valence-electron chi connectivity index (χ4n) is 3.22. The zero-order chi connectivity index (χ0) is 18.2. The lowest BCUT2D eigenvalue weighted by Crippen LogP contribution is -2.46. The molecule has 26 heavy (non-hydrogen) atoms.